The van der Waals surface area contributed by atoms with Crippen molar-refractivity contribution in [1.29, 1.82) is 0 Å². The van der Waals surface area contributed by atoms with Gasteiger partial charge in [0.25, 0.3) is 0 Å². The van der Waals surface area contributed by atoms with Crippen LogP contribution in [-0.4, -0.2) is 36.5 Å². The molecule has 1 aliphatic heterocycles. The molecule has 0 spiro atoms. The van der Waals surface area contributed by atoms with Crippen LogP contribution in [0.3, 0.4) is 0 Å². The molecule has 0 bridgehead atoms. The molecule has 1 aromatic rings. The highest BCUT2D eigenvalue weighted by Gasteiger charge is 2.29. The van der Waals surface area contributed by atoms with Crippen molar-refractivity contribution in [3.05, 3.63) is 17.4 Å². The van der Waals surface area contributed by atoms with Crippen molar-refractivity contribution in [2.45, 2.75) is 6.10 Å². The summed E-state index contributed by atoms with van der Waals surface area (Å²) in [6, 6.07) is 1.15. The van der Waals surface area contributed by atoms with Crippen LogP contribution in [0, 0.1) is 5.82 Å². The molecule has 18 heavy (non-hydrogen) atoms. The molecule has 0 amide bonds. The van der Waals surface area contributed by atoms with E-state index in [4.69, 9.17) is 9.47 Å². The molecule has 1 unspecified atom stereocenters. The molecule has 6 nitrogen and oxygen atoms in total. The van der Waals surface area contributed by atoms with E-state index < -0.39 is 23.6 Å². The number of ether oxygens (including phenoxy) is 3. The number of aliphatic hydroxyl groups excluding tert-OH is 1. The Morgan fingerprint density at radius 1 is 1.50 bits per heavy atom. The van der Waals surface area contributed by atoms with E-state index >= 15 is 0 Å². The van der Waals surface area contributed by atoms with Crippen LogP contribution in [0.25, 0.3) is 0 Å². The SMILES string of the molecule is COC(=O)C(O)c1cc2c(c(F)c1O)OCCO2. The average Bonchev–Trinajstić information content (AvgIpc) is 2.41. The first-order valence-electron chi connectivity index (χ1n) is 5.13. The van der Waals surface area contributed by atoms with Gasteiger partial charge >= 0.3 is 5.97 Å². The second-order valence-electron chi connectivity index (χ2n) is 3.58. The summed E-state index contributed by atoms with van der Waals surface area (Å²) < 4.78 is 28.2. The molecule has 7 heteroatoms. The highest BCUT2D eigenvalue weighted by Crippen LogP contribution is 2.42. The minimum Gasteiger partial charge on any atom is -0.504 e. The molecule has 0 saturated carbocycles. The van der Waals surface area contributed by atoms with Crippen molar-refractivity contribution in [3.63, 3.8) is 0 Å². The fraction of sp³-hybridized carbons (Fsp3) is 0.364. The molecule has 98 valence electrons. The number of phenols is 1. The van der Waals surface area contributed by atoms with E-state index in [1.54, 1.807) is 0 Å². The maximum Gasteiger partial charge on any atom is 0.339 e. The maximum atomic E-state index is 13.8. The number of aromatic hydroxyl groups is 1. The van der Waals surface area contributed by atoms with Gasteiger partial charge in [0.05, 0.1) is 7.11 Å². The molecule has 0 saturated heterocycles. The summed E-state index contributed by atoms with van der Waals surface area (Å²) >= 11 is 0. The number of benzene rings is 1. The fourth-order valence-corrected chi connectivity index (χ4v) is 1.60. The number of hydrogen-bond acceptors (Lipinski definition) is 6. The Balaban J connectivity index is 2.49. The summed E-state index contributed by atoms with van der Waals surface area (Å²) in [5.41, 5.74) is -0.330. The van der Waals surface area contributed by atoms with Crippen molar-refractivity contribution in [2.24, 2.45) is 0 Å². The third-order valence-electron chi connectivity index (χ3n) is 2.50. The minimum absolute atomic E-state index is 0.0227. The van der Waals surface area contributed by atoms with E-state index in [0.717, 1.165) is 13.2 Å². The zero-order chi connectivity index (χ0) is 13.3. The summed E-state index contributed by atoms with van der Waals surface area (Å²) in [4.78, 5) is 11.2. The van der Waals surface area contributed by atoms with Gasteiger partial charge in [-0.1, -0.05) is 0 Å². The van der Waals surface area contributed by atoms with Gasteiger partial charge in [0.15, 0.2) is 17.6 Å². The van der Waals surface area contributed by atoms with Crippen LogP contribution in [0.4, 0.5) is 4.39 Å². The van der Waals surface area contributed by atoms with E-state index in [-0.39, 0.29) is 30.3 Å². The van der Waals surface area contributed by atoms with Crippen molar-refractivity contribution < 1.29 is 33.6 Å². The number of hydrogen-bond donors (Lipinski definition) is 2. The maximum absolute atomic E-state index is 13.8. The zero-order valence-electron chi connectivity index (χ0n) is 9.47. The second-order valence-corrected chi connectivity index (χ2v) is 3.58. The van der Waals surface area contributed by atoms with Gasteiger partial charge in [0.2, 0.25) is 11.6 Å². The summed E-state index contributed by atoms with van der Waals surface area (Å²) in [5, 5.41) is 19.2. The van der Waals surface area contributed by atoms with Crippen molar-refractivity contribution >= 4 is 5.97 Å². The Kier molecular flexibility index (Phi) is 3.24. The van der Waals surface area contributed by atoms with Crippen LogP contribution in [-0.2, 0) is 9.53 Å². The largest absolute Gasteiger partial charge is 0.504 e. The van der Waals surface area contributed by atoms with E-state index in [1.807, 2.05) is 0 Å². The van der Waals surface area contributed by atoms with E-state index in [9.17, 15) is 19.4 Å². The summed E-state index contributed by atoms with van der Waals surface area (Å²) in [6.07, 6.45) is -1.79. The van der Waals surface area contributed by atoms with Crippen LogP contribution < -0.4 is 9.47 Å². The van der Waals surface area contributed by atoms with Crippen molar-refractivity contribution in [1.82, 2.24) is 0 Å². The number of phenolic OH excluding ortho intramolecular Hbond substituents is 1. The van der Waals surface area contributed by atoms with Crippen LogP contribution in [0.15, 0.2) is 6.07 Å². The summed E-state index contributed by atoms with van der Waals surface area (Å²) in [7, 11) is 1.07. The van der Waals surface area contributed by atoms with Gasteiger partial charge in [-0.05, 0) is 6.07 Å². The van der Waals surface area contributed by atoms with Gasteiger partial charge in [-0.2, -0.15) is 4.39 Å². The standard InChI is InChI=1S/C11H11FO6/c1-16-11(15)9(14)5-4-6-10(7(12)8(5)13)18-3-2-17-6/h4,9,13-14H,2-3H2,1H3. The minimum atomic E-state index is -1.79. The smallest absolute Gasteiger partial charge is 0.339 e. The third kappa shape index (κ3) is 1.92. The van der Waals surface area contributed by atoms with Crippen LogP contribution in [0.1, 0.15) is 11.7 Å². The lowest BCUT2D eigenvalue weighted by molar-refractivity contribution is -0.150. The number of rotatable bonds is 2. The molecule has 1 atom stereocenters. The first-order chi connectivity index (χ1) is 8.56. The third-order valence-corrected chi connectivity index (χ3v) is 2.50. The van der Waals surface area contributed by atoms with Gasteiger partial charge < -0.3 is 24.4 Å². The van der Waals surface area contributed by atoms with Crippen molar-refractivity contribution in [2.75, 3.05) is 20.3 Å². The number of carbonyl (C=O) groups is 1. The molecule has 0 aromatic heterocycles. The first kappa shape index (κ1) is 12.4. The topological polar surface area (TPSA) is 85.2 Å². The van der Waals surface area contributed by atoms with Crippen molar-refractivity contribution in [3.8, 4) is 17.2 Å². The van der Waals surface area contributed by atoms with Crippen LogP contribution >= 0.6 is 0 Å². The second kappa shape index (κ2) is 4.69. The first-order valence-corrected chi connectivity index (χ1v) is 5.13. The molecule has 1 heterocycles. The summed E-state index contributed by atoms with van der Waals surface area (Å²) in [5.74, 6) is -3.17. The zero-order valence-corrected chi connectivity index (χ0v) is 9.47. The fourth-order valence-electron chi connectivity index (χ4n) is 1.60. The Hall–Kier alpha value is -2.02. The molecule has 0 fully saturated rings. The van der Waals surface area contributed by atoms with Gasteiger partial charge in [0.1, 0.15) is 13.2 Å². The van der Waals surface area contributed by atoms with Gasteiger partial charge in [-0.3, -0.25) is 0 Å². The number of carbonyl (C=O) groups excluding carboxylic acids is 1. The van der Waals surface area contributed by atoms with E-state index in [0.29, 0.717) is 0 Å². The highest BCUT2D eigenvalue weighted by atomic mass is 19.1. The lowest BCUT2D eigenvalue weighted by atomic mass is 10.1. The number of esters is 1. The quantitative estimate of drug-likeness (QED) is 0.752. The van der Waals surface area contributed by atoms with Crippen LogP contribution in [0.5, 0.6) is 17.2 Å². The number of methoxy groups -OCH3 is 1. The normalized spacial score (nSPS) is 15.1. The average molecular weight is 258 g/mol. The Morgan fingerprint density at radius 2 is 2.17 bits per heavy atom. The molecular weight excluding hydrogens is 247 g/mol. The molecule has 1 aromatic carbocycles. The Bertz CT molecular complexity index is 487. The summed E-state index contributed by atoms with van der Waals surface area (Å²) in [6.45, 7) is 0.368. The Labute approximate surface area is 102 Å². The molecule has 2 N–H and O–H groups in total. The number of halogens is 1. The monoisotopic (exact) mass is 258 g/mol. The lowest BCUT2D eigenvalue weighted by Gasteiger charge is -2.21. The van der Waals surface area contributed by atoms with Gasteiger partial charge in [-0.15, -0.1) is 0 Å². The molecule has 0 aliphatic carbocycles. The lowest BCUT2D eigenvalue weighted by Crippen LogP contribution is -2.19. The Morgan fingerprint density at radius 3 is 2.83 bits per heavy atom. The molecule has 0 radical (unpaired) electrons. The van der Waals surface area contributed by atoms with Gasteiger partial charge in [0, 0.05) is 5.56 Å². The predicted octanol–water partition coefficient (Wildman–Crippen LogP) is 0.509. The number of aliphatic hydroxyl groups is 1. The molecule has 2 rings (SSSR count). The molecule has 1 aliphatic rings. The van der Waals surface area contributed by atoms with Crippen LogP contribution in [0.2, 0.25) is 0 Å². The van der Waals surface area contributed by atoms with Gasteiger partial charge in [-0.25, -0.2) is 4.79 Å². The highest BCUT2D eigenvalue weighted by molar-refractivity contribution is 5.77. The predicted molar refractivity (Wildman–Crippen MR) is 56.0 cm³/mol. The molecular formula is C11H11FO6. The van der Waals surface area contributed by atoms with E-state index in [1.165, 1.54) is 0 Å². The van der Waals surface area contributed by atoms with E-state index in [2.05, 4.69) is 4.74 Å². The number of fused-ring (bicyclic) bond motifs is 1.